The summed E-state index contributed by atoms with van der Waals surface area (Å²) in [6, 6.07) is 8.27. The lowest BCUT2D eigenvalue weighted by Crippen LogP contribution is -2.18. The Kier molecular flexibility index (Phi) is 2.43. The summed E-state index contributed by atoms with van der Waals surface area (Å²) in [6.07, 6.45) is 4.80. The van der Waals surface area contributed by atoms with Gasteiger partial charge in [-0.1, -0.05) is 42.1 Å². The van der Waals surface area contributed by atoms with E-state index < -0.39 is 7.12 Å². The predicted molar refractivity (Wildman–Crippen MR) is 66.0 cm³/mol. The van der Waals surface area contributed by atoms with Gasteiger partial charge in [0.2, 0.25) is 0 Å². The minimum Gasteiger partial charge on any atom is -0.423 e. The summed E-state index contributed by atoms with van der Waals surface area (Å²) in [5.41, 5.74) is 1.96. The van der Waals surface area contributed by atoms with Gasteiger partial charge in [0.1, 0.15) is 0 Å². The van der Waals surface area contributed by atoms with Crippen molar-refractivity contribution in [2.75, 3.05) is 0 Å². The molecule has 0 spiro atoms. The molecule has 1 atom stereocenters. The van der Waals surface area contributed by atoms with Gasteiger partial charge in [0.25, 0.3) is 0 Å². The van der Waals surface area contributed by atoms with Gasteiger partial charge in [-0.05, 0) is 28.4 Å². The van der Waals surface area contributed by atoms with Crippen LogP contribution >= 0.6 is 11.8 Å². The number of rotatable bonds is 1. The SMILES string of the molecule is OB(O)C1=C2Sc3ccccc3C2CC=C1. The number of benzene rings is 1. The normalized spacial score (nSPS) is 22.0. The van der Waals surface area contributed by atoms with Crippen molar-refractivity contribution in [2.24, 2.45) is 0 Å². The third-order valence-electron chi connectivity index (χ3n) is 3.06. The molecular weight excluding hydrogens is 219 g/mol. The zero-order valence-electron chi connectivity index (χ0n) is 8.63. The Morgan fingerprint density at radius 2 is 2.06 bits per heavy atom. The van der Waals surface area contributed by atoms with Crippen molar-refractivity contribution in [1.29, 1.82) is 0 Å². The first kappa shape index (κ1) is 10.2. The first-order valence-electron chi connectivity index (χ1n) is 5.31. The van der Waals surface area contributed by atoms with Crippen LogP contribution in [0.1, 0.15) is 17.9 Å². The van der Waals surface area contributed by atoms with Crippen LogP contribution in [0.15, 0.2) is 51.7 Å². The molecule has 2 N–H and O–H groups in total. The Balaban J connectivity index is 2.11. The number of hydrogen-bond donors (Lipinski definition) is 2. The molecule has 1 heterocycles. The average Bonchev–Trinajstić information content (AvgIpc) is 2.67. The Morgan fingerprint density at radius 3 is 2.88 bits per heavy atom. The lowest BCUT2D eigenvalue weighted by atomic mass is 9.73. The topological polar surface area (TPSA) is 40.5 Å². The van der Waals surface area contributed by atoms with E-state index in [-0.39, 0.29) is 0 Å². The summed E-state index contributed by atoms with van der Waals surface area (Å²) in [7, 11) is -1.36. The third kappa shape index (κ3) is 1.45. The maximum absolute atomic E-state index is 9.34. The standard InChI is InChI=1S/C12H11BO2S/c14-13(15)10-6-3-5-9-8-4-1-2-7-11(8)16-12(9)10/h1-4,6-7,9,14-15H,5H2. The number of fused-ring (bicyclic) bond motifs is 3. The van der Waals surface area contributed by atoms with Crippen molar-refractivity contribution < 1.29 is 10.0 Å². The molecule has 0 saturated carbocycles. The van der Waals surface area contributed by atoms with Crippen LogP contribution in [0.4, 0.5) is 0 Å². The van der Waals surface area contributed by atoms with Gasteiger partial charge in [-0.2, -0.15) is 0 Å². The highest BCUT2D eigenvalue weighted by Crippen LogP contribution is 2.52. The average molecular weight is 230 g/mol. The van der Waals surface area contributed by atoms with Crippen LogP contribution in [0, 0.1) is 0 Å². The van der Waals surface area contributed by atoms with Crippen molar-refractivity contribution in [3.8, 4) is 0 Å². The van der Waals surface area contributed by atoms with Gasteiger partial charge in [-0.25, -0.2) is 0 Å². The molecule has 1 aromatic rings. The summed E-state index contributed by atoms with van der Waals surface area (Å²) in [4.78, 5) is 2.34. The Bertz CT molecular complexity index is 494. The van der Waals surface area contributed by atoms with Crippen molar-refractivity contribution in [1.82, 2.24) is 0 Å². The molecule has 4 heteroatoms. The zero-order valence-corrected chi connectivity index (χ0v) is 9.45. The fourth-order valence-electron chi connectivity index (χ4n) is 2.31. The van der Waals surface area contributed by atoms with Crippen LogP contribution in [0.25, 0.3) is 0 Å². The third-order valence-corrected chi connectivity index (χ3v) is 4.39. The molecule has 2 nitrogen and oxygen atoms in total. The van der Waals surface area contributed by atoms with Gasteiger partial charge >= 0.3 is 7.12 Å². The molecule has 80 valence electrons. The highest BCUT2D eigenvalue weighted by molar-refractivity contribution is 8.03. The van der Waals surface area contributed by atoms with Crippen LogP contribution in [0.2, 0.25) is 0 Å². The molecule has 0 bridgehead atoms. The zero-order chi connectivity index (χ0) is 11.1. The van der Waals surface area contributed by atoms with Crippen molar-refractivity contribution in [2.45, 2.75) is 17.2 Å². The maximum Gasteiger partial charge on any atom is 0.489 e. The van der Waals surface area contributed by atoms with E-state index in [9.17, 15) is 10.0 Å². The predicted octanol–water partition coefficient (Wildman–Crippen LogP) is 2.10. The van der Waals surface area contributed by atoms with E-state index in [1.807, 2.05) is 24.3 Å². The maximum atomic E-state index is 9.34. The molecule has 1 aliphatic carbocycles. The summed E-state index contributed by atoms with van der Waals surface area (Å²) < 4.78 is 0. The van der Waals surface area contributed by atoms with Crippen LogP contribution in [0.5, 0.6) is 0 Å². The second-order valence-electron chi connectivity index (χ2n) is 4.02. The van der Waals surface area contributed by atoms with E-state index in [4.69, 9.17) is 0 Å². The highest BCUT2D eigenvalue weighted by Gasteiger charge is 2.33. The fourth-order valence-corrected chi connectivity index (χ4v) is 3.68. The summed E-state index contributed by atoms with van der Waals surface area (Å²) in [6.45, 7) is 0. The van der Waals surface area contributed by atoms with Crippen LogP contribution < -0.4 is 0 Å². The first-order valence-corrected chi connectivity index (χ1v) is 6.12. The second kappa shape index (κ2) is 3.80. The molecule has 1 aliphatic heterocycles. The van der Waals surface area contributed by atoms with Gasteiger partial charge in [-0.3, -0.25) is 0 Å². The van der Waals surface area contributed by atoms with Crippen molar-refractivity contribution in [3.63, 3.8) is 0 Å². The largest absolute Gasteiger partial charge is 0.489 e. The molecule has 0 fully saturated rings. The molecule has 0 radical (unpaired) electrons. The molecule has 0 aromatic heterocycles. The first-order chi connectivity index (χ1) is 7.77. The van der Waals surface area contributed by atoms with Crippen molar-refractivity contribution >= 4 is 18.9 Å². The molecule has 2 aliphatic rings. The highest BCUT2D eigenvalue weighted by atomic mass is 32.2. The Morgan fingerprint density at radius 1 is 1.25 bits per heavy atom. The minimum atomic E-state index is -1.36. The van der Waals surface area contributed by atoms with Crippen LogP contribution in [-0.2, 0) is 0 Å². The van der Waals surface area contributed by atoms with E-state index >= 15 is 0 Å². The summed E-state index contributed by atoms with van der Waals surface area (Å²) in [5.74, 6) is 0.322. The van der Waals surface area contributed by atoms with E-state index in [1.54, 1.807) is 11.8 Å². The number of allylic oxidation sites excluding steroid dienone is 4. The fraction of sp³-hybridized carbons (Fsp3) is 0.167. The molecule has 16 heavy (non-hydrogen) atoms. The smallest absolute Gasteiger partial charge is 0.423 e. The lowest BCUT2D eigenvalue weighted by Gasteiger charge is -2.18. The van der Waals surface area contributed by atoms with Gasteiger partial charge in [-0.15, -0.1) is 0 Å². The van der Waals surface area contributed by atoms with E-state index in [2.05, 4.69) is 12.1 Å². The number of hydrogen-bond acceptors (Lipinski definition) is 3. The van der Waals surface area contributed by atoms with Gasteiger partial charge in [0.05, 0.1) is 0 Å². The molecule has 0 saturated heterocycles. The molecule has 0 amide bonds. The Labute approximate surface area is 98.8 Å². The molecule has 3 rings (SSSR count). The quantitative estimate of drug-likeness (QED) is 0.726. The monoisotopic (exact) mass is 230 g/mol. The summed E-state index contributed by atoms with van der Waals surface area (Å²) in [5, 5.41) is 18.7. The van der Waals surface area contributed by atoms with Crippen LogP contribution in [0.3, 0.4) is 0 Å². The van der Waals surface area contributed by atoms with Gasteiger partial charge in [0, 0.05) is 10.8 Å². The van der Waals surface area contributed by atoms with Crippen molar-refractivity contribution in [3.05, 3.63) is 52.4 Å². The molecular formula is C12H11BO2S. The van der Waals surface area contributed by atoms with E-state index in [0.29, 0.717) is 11.4 Å². The lowest BCUT2D eigenvalue weighted by molar-refractivity contribution is 0.420. The van der Waals surface area contributed by atoms with Gasteiger partial charge < -0.3 is 10.0 Å². The van der Waals surface area contributed by atoms with Gasteiger partial charge in [0.15, 0.2) is 0 Å². The second-order valence-corrected chi connectivity index (χ2v) is 5.11. The minimum absolute atomic E-state index is 0.322. The number of thioether (sulfide) groups is 1. The summed E-state index contributed by atoms with van der Waals surface area (Å²) >= 11 is 1.66. The molecule has 1 unspecified atom stereocenters. The van der Waals surface area contributed by atoms with E-state index in [1.165, 1.54) is 10.5 Å². The van der Waals surface area contributed by atoms with E-state index in [0.717, 1.165) is 11.3 Å². The Hall–Kier alpha value is -0.965. The van der Waals surface area contributed by atoms with Crippen LogP contribution in [-0.4, -0.2) is 17.2 Å². The molecule has 1 aromatic carbocycles.